The minimum absolute atomic E-state index is 0.317. The molecule has 0 amide bonds. The van der Waals surface area contributed by atoms with Gasteiger partial charge in [0.25, 0.3) is 0 Å². The molecule has 19 heavy (non-hydrogen) atoms. The topological polar surface area (TPSA) is 57.9 Å². The van der Waals surface area contributed by atoms with E-state index >= 15 is 0 Å². The molecule has 0 heterocycles. The quantitative estimate of drug-likeness (QED) is 0.862. The Morgan fingerprint density at radius 2 is 1.42 bits per heavy atom. The molecule has 0 unspecified atom stereocenters. The van der Waals surface area contributed by atoms with Crippen molar-refractivity contribution in [1.29, 1.82) is 5.26 Å². The van der Waals surface area contributed by atoms with Gasteiger partial charge in [0.15, 0.2) is 9.84 Å². The second kappa shape index (κ2) is 5.25. The van der Waals surface area contributed by atoms with Crippen LogP contribution in [0.15, 0.2) is 53.4 Å². The number of benzene rings is 2. The molecular formula is C15H13NO2S. The third-order valence-electron chi connectivity index (χ3n) is 2.85. The van der Waals surface area contributed by atoms with Gasteiger partial charge in [0.05, 0.1) is 17.4 Å². The van der Waals surface area contributed by atoms with E-state index in [1.165, 1.54) is 6.26 Å². The van der Waals surface area contributed by atoms with Crippen LogP contribution in [0.2, 0.25) is 0 Å². The Hall–Kier alpha value is -2.12. The van der Waals surface area contributed by atoms with Crippen LogP contribution in [0.4, 0.5) is 0 Å². The second-order valence-electron chi connectivity index (χ2n) is 4.33. The first-order valence-corrected chi connectivity index (χ1v) is 7.66. The molecule has 0 aromatic heterocycles. The molecule has 2 rings (SSSR count). The highest BCUT2D eigenvalue weighted by atomic mass is 32.2. The van der Waals surface area contributed by atoms with E-state index in [0.29, 0.717) is 11.3 Å². The van der Waals surface area contributed by atoms with Gasteiger partial charge in [0.2, 0.25) is 0 Å². The molecule has 0 N–H and O–H groups in total. The highest BCUT2D eigenvalue weighted by Gasteiger charge is 2.06. The Kier molecular flexibility index (Phi) is 3.68. The molecule has 2 aromatic rings. The molecule has 3 nitrogen and oxygen atoms in total. The molecule has 0 aliphatic rings. The van der Waals surface area contributed by atoms with E-state index < -0.39 is 9.84 Å². The summed E-state index contributed by atoms with van der Waals surface area (Å²) in [5, 5.41) is 8.61. The van der Waals surface area contributed by atoms with Crippen molar-refractivity contribution in [2.75, 3.05) is 6.26 Å². The largest absolute Gasteiger partial charge is 0.224 e. The summed E-state index contributed by atoms with van der Waals surface area (Å²) < 4.78 is 22.7. The minimum atomic E-state index is -3.15. The van der Waals surface area contributed by atoms with Crippen LogP contribution >= 0.6 is 0 Å². The van der Waals surface area contributed by atoms with Gasteiger partial charge in [-0.15, -0.1) is 0 Å². The normalized spacial score (nSPS) is 10.9. The summed E-state index contributed by atoms with van der Waals surface area (Å²) in [7, 11) is -3.15. The van der Waals surface area contributed by atoms with Crippen LogP contribution < -0.4 is 0 Å². The number of sulfone groups is 1. The summed E-state index contributed by atoms with van der Waals surface area (Å²) in [5.41, 5.74) is 2.93. The molecule has 0 radical (unpaired) electrons. The minimum Gasteiger partial charge on any atom is -0.224 e. The predicted octanol–water partition coefficient (Wildman–Crippen LogP) is 2.82. The first-order chi connectivity index (χ1) is 9.00. The molecule has 0 spiro atoms. The fraction of sp³-hybridized carbons (Fsp3) is 0.133. The maximum absolute atomic E-state index is 11.4. The van der Waals surface area contributed by atoms with E-state index in [4.69, 9.17) is 5.26 Å². The smallest absolute Gasteiger partial charge is 0.175 e. The third kappa shape index (κ3) is 3.21. The number of nitriles is 1. The Labute approximate surface area is 113 Å². The van der Waals surface area contributed by atoms with Crippen LogP contribution in [-0.4, -0.2) is 14.7 Å². The third-order valence-corrected chi connectivity index (χ3v) is 3.98. The van der Waals surface area contributed by atoms with Crippen molar-refractivity contribution in [1.82, 2.24) is 0 Å². The highest BCUT2D eigenvalue weighted by Crippen LogP contribution is 2.21. The predicted molar refractivity (Wildman–Crippen MR) is 74.3 cm³/mol. The maximum Gasteiger partial charge on any atom is 0.175 e. The van der Waals surface area contributed by atoms with E-state index in [2.05, 4.69) is 6.07 Å². The number of hydrogen-bond acceptors (Lipinski definition) is 3. The lowest BCUT2D eigenvalue weighted by Crippen LogP contribution is -1.96. The molecular weight excluding hydrogens is 258 g/mol. The zero-order valence-electron chi connectivity index (χ0n) is 10.5. The Balaban J connectivity index is 2.30. The SMILES string of the molecule is CS(=O)(=O)c1ccc(-c2ccc(CC#N)cc2)cc1. The van der Waals surface area contributed by atoms with E-state index in [-0.39, 0.29) is 0 Å². The standard InChI is InChI=1S/C15H13NO2S/c1-19(17,18)15-8-6-14(7-9-15)13-4-2-12(3-5-13)10-11-16/h2-9H,10H2,1H3. The molecule has 2 aromatic carbocycles. The fourth-order valence-electron chi connectivity index (χ4n) is 1.80. The van der Waals surface area contributed by atoms with Gasteiger partial charge in [-0.1, -0.05) is 36.4 Å². The van der Waals surface area contributed by atoms with Gasteiger partial charge in [-0.05, 0) is 28.8 Å². The fourth-order valence-corrected chi connectivity index (χ4v) is 2.43. The van der Waals surface area contributed by atoms with E-state index in [9.17, 15) is 8.42 Å². The highest BCUT2D eigenvalue weighted by molar-refractivity contribution is 7.90. The first kappa shape index (κ1) is 13.3. The van der Waals surface area contributed by atoms with Gasteiger partial charge < -0.3 is 0 Å². The molecule has 0 aliphatic heterocycles. The van der Waals surface area contributed by atoms with Crippen molar-refractivity contribution in [2.24, 2.45) is 0 Å². The number of nitrogens with zero attached hydrogens (tertiary/aromatic N) is 1. The van der Waals surface area contributed by atoms with Crippen molar-refractivity contribution in [2.45, 2.75) is 11.3 Å². The van der Waals surface area contributed by atoms with Crippen LogP contribution in [0.5, 0.6) is 0 Å². The summed E-state index contributed by atoms with van der Waals surface area (Å²) in [6.45, 7) is 0. The average molecular weight is 271 g/mol. The lowest BCUT2D eigenvalue weighted by atomic mass is 10.0. The van der Waals surface area contributed by atoms with Crippen LogP contribution in [-0.2, 0) is 16.3 Å². The van der Waals surface area contributed by atoms with Crippen molar-refractivity contribution >= 4 is 9.84 Å². The van der Waals surface area contributed by atoms with Gasteiger partial charge in [-0.25, -0.2) is 8.42 Å². The first-order valence-electron chi connectivity index (χ1n) is 5.77. The van der Waals surface area contributed by atoms with Gasteiger partial charge in [0, 0.05) is 6.26 Å². The molecule has 0 saturated heterocycles. The monoisotopic (exact) mass is 271 g/mol. The van der Waals surface area contributed by atoms with Gasteiger partial charge >= 0.3 is 0 Å². The molecule has 0 aliphatic carbocycles. The molecule has 0 saturated carbocycles. The van der Waals surface area contributed by atoms with Crippen LogP contribution in [0.25, 0.3) is 11.1 Å². The zero-order chi connectivity index (χ0) is 13.9. The molecule has 4 heteroatoms. The van der Waals surface area contributed by atoms with Crippen molar-refractivity contribution in [3.8, 4) is 17.2 Å². The summed E-state index contributed by atoms with van der Waals surface area (Å²) in [5.74, 6) is 0. The molecule has 96 valence electrons. The summed E-state index contributed by atoms with van der Waals surface area (Å²) in [6, 6.07) is 16.6. The van der Waals surface area contributed by atoms with Gasteiger partial charge in [0.1, 0.15) is 0 Å². The Morgan fingerprint density at radius 3 is 1.84 bits per heavy atom. The van der Waals surface area contributed by atoms with Crippen molar-refractivity contribution < 1.29 is 8.42 Å². The number of hydrogen-bond donors (Lipinski definition) is 0. The molecule has 0 atom stereocenters. The van der Waals surface area contributed by atoms with Crippen molar-refractivity contribution in [3.05, 3.63) is 54.1 Å². The van der Waals surface area contributed by atoms with Crippen LogP contribution in [0, 0.1) is 11.3 Å². The number of rotatable bonds is 3. The average Bonchev–Trinajstić information content (AvgIpc) is 2.39. The summed E-state index contributed by atoms with van der Waals surface area (Å²) in [6.07, 6.45) is 1.59. The maximum atomic E-state index is 11.4. The van der Waals surface area contributed by atoms with E-state index in [1.807, 2.05) is 24.3 Å². The van der Waals surface area contributed by atoms with Gasteiger partial charge in [-0.2, -0.15) is 5.26 Å². The zero-order valence-corrected chi connectivity index (χ0v) is 11.3. The molecule has 0 fully saturated rings. The Bertz CT molecular complexity index is 708. The van der Waals surface area contributed by atoms with Gasteiger partial charge in [-0.3, -0.25) is 0 Å². The lowest BCUT2D eigenvalue weighted by molar-refractivity contribution is 0.602. The lowest BCUT2D eigenvalue weighted by Gasteiger charge is -2.04. The van der Waals surface area contributed by atoms with E-state index in [1.54, 1.807) is 24.3 Å². The molecule has 0 bridgehead atoms. The summed E-state index contributed by atoms with van der Waals surface area (Å²) in [4.78, 5) is 0.317. The van der Waals surface area contributed by atoms with E-state index in [0.717, 1.165) is 16.7 Å². The second-order valence-corrected chi connectivity index (χ2v) is 6.34. The van der Waals surface area contributed by atoms with Crippen LogP contribution in [0.1, 0.15) is 5.56 Å². The van der Waals surface area contributed by atoms with Crippen LogP contribution in [0.3, 0.4) is 0 Å². The van der Waals surface area contributed by atoms with Crippen molar-refractivity contribution in [3.63, 3.8) is 0 Å². The summed E-state index contributed by atoms with van der Waals surface area (Å²) >= 11 is 0. The Morgan fingerprint density at radius 1 is 0.947 bits per heavy atom.